The first-order chi connectivity index (χ1) is 12.2. The molecule has 0 aliphatic carbocycles. The highest BCUT2D eigenvalue weighted by atomic mass is 32.2. The number of aryl methyl sites for hydroxylation is 2. The number of sulfonamides is 1. The molecule has 1 atom stereocenters. The Hall–Kier alpha value is -1.77. The van der Waals surface area contributed by atoms with Crippen LogP contribution in [-0.4, -0.2) is 34.1 Å². The second kappa shape index (κ2) is 8.28. The zero-order valence-electron chi connectivity index (χ0n) is 15.1. The van der Waals surface area contributed by atoms with E-state index in [9.17, 15) is 16.8 Å². The Morgan fingerprint density at radius 3 is 2.38 bits per heavy atom. The fraction of sp³-hybridized carbons (Fsp3) is 0.389. The Bertz CT molecular complexity index is 956. The molecule has 26 heavy (non-hydrogen) atoms. The van der Waals surface area contributed by atoms with Crippen molar-refractivity contribution in [2.24, 2.45) is 0 Å². The first-order valence-electron chi connectivity index (χ1n) is 8.36. The summed E-state index contributed by atoms with van der Waals surface area (Å²) in [6.07, 6.45) is 3.46. The summed E-state index contributed by atoms with van der Waals surface area (Å²) in [5.74, 6) is -0.0452. The summed E-state index contributed by atoms with van der Waals surface area (Å²) in [7, 11) is -7.32. The number of nitrogens with zero attached hydrogens (tertiary/aromatic N) is 1. The molecule has 2 rings (SSSR count). The van der Waals surface area contributed by atoms with Gasteiger partial charge in [0.05, 0.1) is 10.6 Å². The molecule has 0 saturated heterocycles. The van der Waals surface area contributed by atoms with Crippen LogP contribution in [0.5, 0.6) is 0 Å². The zero-order valence-corrected chi connectivity index (χ0v) is 16.8. The van der Waals surface area contributed by atoms with Crippen molar-refractivity contribution >= 4 is 19.9 Å². The molecule has 6 nitrogen and oxygen atoms in total. The van der Waals surface area contributed by atoms with E-state index in [0.717, 1.165) is 11.1 Å². The maximum absolute atomic E-state index is 13.2. The van der Waals surface area contributed by atoms with Crippen LogP contribution in [-0.2, 0) is 19.9 Å². The van der Waals surface area contributed by atoms with Gasteiger partial charge < -0.3 is 0 Å². The standard InChI is InChI=1S/C18H24N2O4S2/c1-4-10-25(21,22)20-13-18(16-6-5-9-19-12-16)26(23,24)17-8-7-14(2)15(3)11-17/h5-9,11-12,18,20H,4,10,13H2,1-3H3/t18-/m0/s1. The Balaban J connectivity index is 2.44. The van der Waals surface area contributed by atoms with Gasteiger partial charge in [0.2, 0.25) is 10.0 Å². The van der Waals surface area contributed by atoms with Crippen LogP contribution >= 0.6 is 0 Å². The van der Waals surface area contributed by atoms with E-state index in [1.54, 1.807) is 43.5 Å². The maximum atomic E-state index is 13.2. The van der Waals surface area contributed by atoms with Crippen molar-refractivity contribution in [1.29, 1.82) is 0 Å². The highest BCUT2D eigenvalue weighted by Crippen LogP contribution is 2.29. The Morgan fingerprint density at radius 2 is 1.81 bits per heavy atom. The second-order valence-corrected chi connectivity index (χ2v) is 10.3. The summed E-state index contributed by atoms with van der Waals surface area (Å²) in [5, 5.41) is -1.05. The number of rotatable bonds is 8. The maximum Gasteiger partial charge on any atom is 0.211 e. The predicted octanol–water partition coefficient (Wildman–Crippen LogP) is 2.54. The third kappa shape index (κ3) is 4.90. The molecule has 0 unspecified atom stereocenters. The van der Waals surface area contributed by atoms with Crippen LogP contribution in [0.3, 0.4) is 0 Å². The van der Waals surface area contributed by atoms with Gasteiger partial charge in [-0.2, -0.15) is 0 Å². The van der Waals surface area contributed by atoms with Crippen molar-refractivity contribution in [3.8, 4) is 0 Å². The van der Waals surface area contributed by atoms with Crippen LogP contribution in [0.25, 0.3) is 0 Å². The normalized spacial score (nSPS) is 13.5. The topological polar surface area (TPSA) is 93.2 Å². The average Bonchev–Trinajstić information content (AvgIpc) is 2.58. The highest BCUT2D eigenvalue weighted by molar-refractivity contribution is 7.92. The Kier molecular flexibility index (Phi) is 6.54. The quantitative estimate of drug-likeness (QED) is 0.740. The first kappa shape index (κ1) is 20.5. The fourth-order valence-electron chi connectivity index (χ4n) is 2.57. The van der Waals surface area contributed by atoms with Crippen molar-refractivity contribution in [2.75, 3.05) is 12.3 Å². The van der Waals surface area contributed by atoms with E-state index < -0.39 is 25.1 Å². The molecule has 142 valence electrons. The van der Waals surface area contributed by atoms with Gasteiger partial charge in [0.1, 0.15) is 5.25 Å². The molecule has 0 aliphatic heterocycles. The smallest absolute Gasteiger partial charge is 0.211 e. The van der Waals surface area contributed by atoms with Crippen LogP contribution in [0.2, 0.25) is 0 Å². The monoisotopic (exact) mass is 396 g/mol. The molecule has 0 spiro atoms. The van der Waals surface area contributed by atoms with Gasteiger partial charge in [0, 0.05) is 18.9 Å². The summed E-state index contributed by atoms with van der Waals surface area (Å²) in [6.45, 7) is 5.27. The number of hydrogen-bond donors (Lipinski definition) is 1. The number of nitrogens with one attached hydrogen (secondary N) is 1. The molecular weight excluding hydrogens is 372 g/mol. The molecule has 0 fully saturated rings. The minimum Gasteiger partial charge on any atom is -0.264 e. The van der Waals surface area contributed by atoms with Gasteiger partial charge in [-0.15, -0.1) is 0 Å². The second-order valence-electron chi connectivity index (χ2n) is 6.23. The third-order valence-electron chi connectivity index (χ3n) is 4.20. The summed E-state index contributed by atoms with van der Waals surface area (Å²) >= 11 is 0. The van der Waals surface area contributed by atoms with E-state index in [4.69, 9.17) is 0 Å². The van der Waals surface area contributed by atoms with Gasteiger partial charge >= 0.3 is 0 Å². The number of pyridine rings is 1. The molecule has 0 radical (unpaired) electrons. The molecule has 0 aliphatic rings. The van der Waals surface area contributed by atoms with Crippen LogP contribution in [0.4, 0.5) is 0 Å². The molecular formula is C18H24N2O4S2. The summed E-state index contributed by atoms with van der Waals surface area (Å²) in [6, 6.07) is 8.21. The van der Waals surface area contributed by atoms with Crippen molar-refractivity contribution in [3.05, 3.63) is 59.4 Å². The minimum atomic E-state index is -3.80. The number of sulfone groups is 1. The SMILES string of the molecule is CCCS(=O)(=O)NC[C@@H](c1cccnc1)S(=O)(=O)c1ccc(C)c(C)c1. The van der Waals surface area contributed by atoms with Crippen molar-refractivity contribution < 1.29 is 16.8 Å². The fourth-order valence-corrected chi connectivity index (χ4v) is 5.51. The molecule has 8 heteroatoms. The van der Waals surface area contributed by atoms with E-state index in [-0.39, 0.29) is 17.2 Å². The van der Waals surface area contributed by atoms with Gasteiger partial charge in [-0.3, -0.25) is 4.98 Å². The molecule has 1 heterocycles. The van der Waals surface area contributed by atoms with E-state index in [1.807, 2.05) is 13.8 Å². The summed E-state index contributed by atoms with van der Waals surface area (Å²) in [5.41, 5.74) is 2.30. The lowest BCUT2D eigenvalue weighted by Gasteiger charge is -2.19. The van der Waals surface area contributed by atoms with Crippen molar-refractivity contribution in [2.45, 2.75) is 37.3 Å². The molecule has 1 aromatic heterocycles. The number of aromatic nitrogens is 1. The lowest BCUT2D eigenvalue weighted by Crippen LogP contribution is -2.33. The van der Waals surface area contributed by atoms with Crippen LogP contribution in [0.1, 0.15) is 35.3 Å². The van der Waals surface area contributed by atoms with E-state index in [1.165, 1.54) is 6.20 Å². The molecule has 1 N–H and O–H groups in total. The number of hydrogen-bond acceptors (Lipinski definition) is 5. The Morgan fingerprint density at radius 1 is 1.08 bits per heavy atom. The van der Waals surface area contributed by atoms with Gasteiger partial charge in [0.15, 0.2) is 9.84 Å². The molecule has 0 bridgehead atoms. The molecule has 1 aromatic carbocycles. The minimum absolute atomic E-state index is 0.0452. The van der Waals surface area contributed by atoms with Gasteiger partial charge in [0.25, 0.3) is 0 Å². The summed E-state index contributed by atoms with van der Waals surface area (Å²) in [4.78, 5) is 4.15. The first-order valence-corrected chi connectivity index (χ1v) is 11.6. The largest absolute Gasteiger partial charge is 0.264 e. The number of benzene rings is 1. The van der Waals surface area contributed by atoms with Gasteiger partial charge in [-0.1, -0.05) is 19.1 Å². The van der Waals surface area contributed by atoms with Crippen LogP contribution < -0.4 is 4.72 Å². The molecule has 2 aromatic rings. The molecule has 0 saturated carbocycles. The lowest BCUT2D eigenvalue weighted by molar-refractivity contribution is 0.567. The van der Waals surface area contributed by atoms with Gasteiger partial charge in [-0.25, -0.2) is 21.6 Å². The van der Waals surface area contributed by atoms with Gasteiger partial charge in [-0.05, 0) is 55.2 Å². The van der Waals surface area contributed by atoms with E-state index in [2.05, 4.69) is 9.71 Å². The van der Waals surface area contributed by atoms with Crippen molar-refractivity contribution in [3.63, 3.8) is 0 Å². The Labute approximate surface area is 155 Å². The predicted molar refractivity (Wildman–Crippen MR) is 102 cm³/mol. The van der Waals surface area contributed by atoms with E-state index in [0.29, 0.717) is 12.0 Å². The summed E-state index contributed by atoms with van der Waals surface area (Å²) < 4.78 is 52.9. The van der Waals surface area contributed by atoms with Crippen LogP contribution in [0, 0.1) is 13.8 Å². The van der Waals surface area contributed by atoms with Crippen LogP contribution in [0.15, 0.2) is 47.6 Å². The third-order valence-corrected chi connectivity index (χ3v) is 7.85. The van der Waals surface area contributed by atoms with Crippen molar-refractivity contribution in [1.82, 2.24) is 9.71 Å². The zero-order chi connectivity index (χ0) is 19.4. The van der Waals surface area contributed by atoms with E-state index >= 15 is 0 Å². The molecule has 0 amide bonds. The highest BCUT2D eigenvalue weighted by Gasteiger charge is 2.30. The average molecular weight is 397 g/mol. The lowest BCUT2D eigenvalue weighted by atomic mass is 10.1.